The van der Waals surface area contributed by atoms with Crippen LogP contribution < -0.4 is 5.73 Å². The molecule has 5 heteroatoms. The van der Waals surface area contributed by atoms with Gasteiger partial charge in [0.15, 0.2) is 0 Å². The Labute approximate surface area is 130 Å². The van der Waals surface area contributed by atoms with E-state index in [-0.39, 0.29) is 0 Å². The third-order valence-electron chi connectivity index (χ3n) is 3.16. The van der Waals surface area contributed by atoms with E-state index in [1.165, 1.54) is 0 Å². The first-order valence-corrected chi connectivity index (χ1v) is 8.12. The highest BCUT2D eigenvalue weighted by Gasteiger charge is 2.13. The molecule has 0 aliphatic rings. The molecule has 2 N–H and O–H groups in total. The quantitative estimate of drug-likeness (QED) is 0.748. The Hall–Kier alpha value is -1.91. The normalized spacial score (nSPS) is 12.4. The van der Waals surface area contributed by atoms with Crippen LogP contribution in [0, 0.1) is 0 Å². The molecule has 0 spiro atoms. The van der Waals surface area contributed by atoms with Crippen LogP contribution in [0.4, 0.5) is 5.69 Å². The Kier molecular flexibility index (Phi) is 3.90. The lowest BCUT2D eigenvalue weighted by molar-refractivity contribution is 0.682. The number of fused-ring (bicyclic) bond motifs is 1. The van der Waals surface area contributed by atoms with Crippen molar-refractivity contribution in [2.75, 3.05) is 5.73 Å². The third kappa shape index (κ3) is 2.91. The highest BCUT2D eigenvalue weighted by atomic mass is 35.5. The number of nitrogens with zero attached hydrogens (tertiary/aromatic N) is 1. The van der Waals surface area contributed by atoms with Gasteiger partial charge in [-0.25, -0.2) is 0 Å². The summed E-state index contributed by atoms with van der Waals surface area (Å²) in [7, 11) is -1.32. The zero-order chi connectivity index (χ0) is 14.8. The molecule has 1 heterocycles. The summed E-state index contributed by atoms with van der Waals surface area (Å²) in [6, 6.07) is 16.8. The minimum Gasteiger partial charge on any atom is -0.398 e. The number of benzene rings is 2. The Bertz CT molecular complexity index is 815. The molecule has 0 fully saturated rings. The maximum atomic E-state index is 12.5. The summed E-state index contributed by atoms with van der Waals surface area (Å²) in [6.45, 7) is 0. The van der Waals surface area contributed by atoms with Gasteiger partial charge in [0.05, 0.1) is 37.7 Å². The van der Waals surface area contributed by atoms with Gasteiger partial charge in [-0.3, -0.25) is 9.19 Å². The van der Waals surface area contributed by atoms with E-state index in [2.05, 4.69) is 4.98 Å². The lowest BCUT2D eigenvalue weighted by Crippen LogP contribution is -2.03. The number of anilines is 1. The van der Waals surface area contributed by atoms with Crippen LogP contribution in [0.1, 0.15) is 5.69 Å². The Morgan fingerprint density at radius 3 is 2.67 bits per heavy atom. The highest BCUT2D eigenvalue weighted by molar-refractivity contribution is 7.84. The summed E-state index contributed by atoms with van der Waals surface area (Å²) >= 11 is 6.09. The van der Waals surface area contributed by atoms with Crippen molar-refractivity contribution in [1.29, 1.82) is 0 Å². The first-order chi connectivity index (χ1) is 10.1. The van der Waals surface area contributed by atoms with Gasteiger partial charge in [0.2, 0.25) is 0 Å². The molecular weight excluding hydrogens is 304 g/mol. The molecule has 0 aliphatic heterocycles. The molecule has 1 atom stereocenters. The minimum absolute atomic E-state index is 0.290. The summed E-state index contributed by atoms with van der Waals surface area (Å²) in [5.41, 5.74) is 7.96. The maximum Gasteiger partial charge on any atom is 0.0807 e. The molecule has 2 aromatic carbocycles. The number of nitrogens with two attached hydrogens (primary N) is 1. The molecule has 1 unspecified atom stereocenters. The molecule has 0 saturated carbocycles. The average molecular weight is 317 g/mol. The Morgan fingerprint density at radius 2 is 1.86 bits per heavy atom. The van der Waals surface area contributed by atoms with Gasteiger partial charge in [0.1, 0.15) is 0 Å². The smallest absolute Gasteiger partial charge is 0.0807 e. The first-order valence-electron chi connectivity index (χ1n) is 6.42. The lowest BCUT2D eigenvalue weighted by Gasteiger charge is -2.08. The number of aromatic nitrogens is 1. The molecule has 106 valence electrons. The van der Waals surface area contributed by atoms with E-state index in [1.807, 2.05) is 36.4 Å². The first kappa shape index (κ1) is 14.0. The molecule has 1 aromatic heterocycles. The highest BCUT2D eigenvalue weighted by Crippen LogP contribution is 2.27. The number of pyridine rings is 1. The van der Waals surface area contributed by atoms with E-state index >= 15 is 0 Å². The second kappa shape index (κ2) is 5.84. The van der Waals surface area contributed by atoms with Gasteiger partial charge >= 0.3 is 0 Å². The molecule has 0 saturated heterocycles. The molecule has 3 nitrogen and oxygen atoms in total. The number of rotatable bonds is 3. The van der Waals surface area contributed by atoms with Crippen LogP contribution >= 0.6 is 11.6 Å². The van der Waals surface area contributed by atoms with Gasteiger partial charge < -0.3 is 5.73 Å². The fraction of sp³-hybridized carbons (Fsp3) is 0.0625. The van der Waals surface area contributed by atoms with Crippen LogP contribution in [-0.2, 0) is 16.6 Å². The van der Waals surface area contributed by atoms with Crippen molar-refractivity contribution in [2.24, 2.45) is 0 Å². The predicted octanol–water partition coefficient (Wildman–Crippen LogP) is 3.78. The third-order valence-corrected chi connectivity index (χ3v) is 5.06. The van der Waals surface area contributed by atoms with Crippen molar-refractivity contribution >= 4 is 39.0 Å². The van der Waals surface area contributed by atoms with Crippen LogP contribution in [0.25, 0.3) is 10.9 Å². The zero-order valence-corrected chi connectivity index (χ0v) is 12.7. The van der Waals surface area contributed by atoms with Gasteiger partial charge in [-0.15, -0.1) is 0 Å². The largest absolute Gasteiger partial charge is 0.398 e. The monoisotopic (exact) mass is 316 g/mol. The van der Waals surface area contributed by atoms with E-state index in [1.54, 1.807) is 18.2 Å². The number of para-hydroxylation sites is 1. The second-order valence-electron chi connectivity index (χ2n) is 4.64. The van der Waals surface area contributed by atoms with E-state index in [0.717, 1.165) is 16.6 Å². The van der Waals surface area contributed by atoms with Crippen LogP contribution in [0.3, 0.4) is 0 Å². The number of hydrogen-bond donors (Lipinski definition) is 1. The number of halogens is 1. The van der Waals surface area contributed by atoms with Crippen molar-refractivity contribution in [3.05, 3.63) is 65.3 Å². The topological polar surface area (TPSA) is 56.0 Å². The fourth-order valence-corrected chi connectivity index (χ4v) is 3.79. The Morgan fingerprint density at radius 1 is 1.05 bits per heavy atom. The zero-order valence-electron chi connectivity index (χ0n) is 11.1. The Balaban J connectivity index is 1.93. The van der Waals surface area contributed by atoms with E-state index in [0.29, 0.717) is 21.4 Å². The SMILES string of the molecule is Nc1cccc(Cl)c1S(=O)Cc1ccc2ccccc2n1. The molecular formula is C16H13ClN2OS. The fourth-order valence-electron chi connectivity index (χ4n) is 2.16. The average Bonchev–Trinajstić information content (AvgIpc) is 2.47. The van der Waals surface area contributed by atoms with E-state index in [4.69, 9.17) is 17.3 Å². The van der Waals surface area contributed by atoms with Crippen LogP contribution in [0.15, 0.2) is 59.5 Å². The van der Waals surface area contributed by atoms with Gasteiger partial charge in [-0.1, -0.05) is 41.9 Å². The summed E-state index contributed by atoms with van der Waals surface area (Å²) in [5.74, 6) is 0.290. The molecule has 0 aliphatic carbocycles. The minimum atomic E-state index is -1.32. The summed E-state index contributed by atoms with van der Waals surface area (Å²) in [4.78, 5) is 5.00. The van der Waals surface area contributed by atoms with Crippen LogP contribution in [0.2, 0.25) is 5.02 Å². The van der Waals surface area contributed by atoms with Gasteiger partial charge in [0, 0.05) is 11.1 Å². The number of nitrogen functional groups attached to an aromatic ring is 1. The van der Waals surface area contributed by atoms with Crippen molar-refractivity contribution in [3.8, 4) is 0 Å². The molecule has 0 bridgehead atoms. The van der Waals surface area contributed by atoms with E-state index in [9.17, 15) is 4.21 Å². The molecule has 3 rings (SSSR count). The van der Waals surface area contributed by atoms with Gasteiger partial charge in [0.25, 0.3) is 0 Å². The van der Waals surface area contributed by atoms with Crippen molar-refractivity contribution in [1.82, 2.24) is 4.98 Å². The van der Waals surface area contributed by atoms with Crippen molar-refractivity contribution in [2.45, 2.75) is 10.6 Å². The molecule has 0 radical (unpaired) electrons. The van der Waals surface area contributed by atoms with Crippen molar-refractivity contribution in [3.63, 3.8) is 0 Å². The van der Waals surface area contributed by atoms with Crippen molar-refractivity contribution < 1.29 is 4.21 Å². The lowest BCUT2D eigenvalue weighted by atomic mass is 10.2. The van der Waals surface area contributed by atoms with Gasteiger partial charge in [-0.2, -0.15) is 0 Å². The summed E-state index contributed by atoms with van der Waals surface area (Å²) < 4.78 is 12.5. The van der Waals surface area contributed by atoms with Gasteiger partial charge in [-0.05, 0) is 24.3 Å². The predicted molar refractivity (Wildman–Crippen MR) is 87.7 cm³/mol. The standard InChI is InChI=1S/C16H13ClN2OS/c17-13-5-3-6-14(18)16(13)21(20)10-12-9-8-11-4-1-2-7-15(11)19-12/h1-9H,10,18H2. The van der Waals surface area contributed by atoms with E-state index < -0.39 is 10.8 Å². The summed E-state index contributed by atoms with van der Waals surface area (Å²) in [6.07, 6.45) is 0. The number of hydrogen-bond acceptors (Lipinski definition) is 3. The van der Waals surface area contributed by atoms with Crippen LogP contribution in [-0.4, -0.2) is 9.19 Å². The maximum absolute atomic E-state index is 12.5. The summed E-state index contributed by atoms with van der Waals surface area (Å²) in [5, 5.41) is 1.48. The van der Waals surface area contributed by atoms with Crippen LogP contribution in [0.5, 0.6) is 0 Å². The molecule has 0 amide bonds. The second-order valence-corrected chi connectivity index (χ2v) is 6.44. The molecule has 21 heavy (non-hydrogen) atoms. The molecule has 3 aromatic rings.